The summed E-state index contributed by atoms with van der Waals surface area (Å²) in [4.78, 5) is 8.72. The molecule has 3 rings (SSSR count). The fraction of sp³-hybridized carbons (Fsp3) is 0.588. The highest BCUT2D eigenvalue weighted by atomic mass is 127. The Hall–Kier alpha value is -1.58. The van der Waals surface area contributed by atoms with Crippen LogP contribution in [0.2, 0.25) is 0 Å². The number of hydrogen-bond donors (Lipinski definition) is 3. The third-order valence-corrected chi connectivity index (χ3v) is 4.97. The van der Waals surface area contributed by atoms with Crippen molar-refractivity contribution in [3.05, 3.63) is 24.2 Å². The van der Waals surface area contributed by atoms with Gasteiger partial charge in [-0.15, -0.1) is 29.1 Å². The van der Waals surface area contributed by atoms with Crippen molar-refractivity contribution in [1.29, 1.82) is 0 Å². The van der Waals surface area contributed by atoms with E-state index in [1.54, 1.807) is 13.3 Å². The van der Waals surface area contributed by atoms with E-state index in [0.29, 0.717) is 23.5 Å². The summed E-state index contributed by atoms with van der Waals surface area (Å²) < 4.78 is 5.30. The summed E-state index contributed by atoms with van der Waals surface area (Å²) in [5.41, 5.74) is 0.427. The molecule has 0 atom stereocenters. The number of nitrogens with one attached hydrogen (secondary N) is 3. The lowest BCUT2D eigenvalue weighted by Gasteiger charge is -2.28. The minimum Gasteiger partial charge on any atom is -0.461 e. The van der Waals surface area contributed by atoms with Crippen LogP contribution in [0, 0.1) is 5.41 Å². The molecule has 2 aromatic rings. The Bertz CT molecular complexity index is 660. The Kier molecular flexibility index (Phi) is 7.27. The van der Waals surface area contributed by atoms with E-state index in [1.807, 2.05) is 12.1 Å². The molecule has 0 radical (unpaired) electrons. The molecule has 1 aliphatic rings. The standard InChI is InChI=1S/C17H26N6O.HI/c1-3-17(8-4-5-9-17)12-20-16(18-2)19-11-14-21-15(23-22-14)13-7-6-10-24-13;/h6-7,10H,3-5,8-9,11-12H2,1-2H3,(H2,18,19,20)(H,21,22,23);1H. The maximum absolute atomic E-state index is 5.30. The molecule has 1 aliphatic carbocycles. The van der Waals surface area contributed by atoms with Crippen LogP contribution in [0.5, 0.6) is 0 Å². The first kappa shape index (κ1) is 19.7. The van der Waals surface area contributed by atoms with E-state index < -0.39 is 0 Å². The van der Waals surface area contributed by atoms with Gasteiger partial charge in [-0.25, -0.2) is 4.98 Å². The lowest BCUT2D eigenvalue weighted by atomic mass is 9.83. The molecule has 1 saturated carbocycles. The second kappa shape index (κ2) is 9.21. The summed E-state index contributed by atoms with van der Waals surface area (Å²) in [5, 5.41) is 13.8. The van der Waals surface area contributed by atoms with Gasteiger partial charge in [-0.3, -0.25) is 10.1 Å². The van der Waals surface area contributed by atoms with Gasteiger partial charge in [0.15, 0.2) is 11.7 Å². The summed E-state index contributed by atoms with van der Waals surface area (Å²) in [5.74, 6) is 2.77. The first-order valence-electron chi connectivity index (χ1n) is 8.64. The van der Waals surface area contributed by atoms with E-state index >= 15 is 0 Å². The van der Waals surface area contributed by atoms with Crippen molar-refractivity contribution in [3.63, 3.8) is 0 Å². The van der Waals surface area contributed by atoms with Crippen molar-refractivity contribution in [2.75, 3.05) is 13.6 Å². The predicted molar refractivity (Wildman–Crippen MR) is 109 cm³/mol. The van der Waals surface area contributed by atoms with Crippen LogP contribution in [0.1, 0.15) is 44.9 Å². The molecule has 138 valence electrons. The topological polar surface area (TPSA) is 91.1 Å². The van der Waals surface area contributed by atoms with Crippen molar-refractivity contribution in [3.8, 4) is 11.6 Å². The van der Waals surface area contributed by atoms with Crippen LogP contribution < -0.4 is 10.6 Å². The fourth-order valence-corrected chi connectivity index (χ4v) is 3.33. The van der Waals surface area contributed by atoms with Crippen LogP contribution in [-0.2, 0) is 6.54 Å². The summed E-state index contributed by atoms with van der Waals surface area (Å²) >= 11 is 0. The van der Waals surface area contributed by atoms with Gasteiger partial charge < -0.3 is 15.1 Å². The third kappa shape index (κ3) is 4.96. The van der Waals surface area contributed by atoms with E-state index in [4.69, 9.17) is 4.42 Å². The maximum atomic E-state index is 5.30. The van der Waals surface area contributed by atoms with Crippen LogP contribution in [0.15, 0.2) is 27.8 Å². The number of guanidine groups is 1. The van der Waals surface area contributed by atoms with Gasteiger partial charge in [0.05, 0.1) is 12.8 Å². The molecule has 1 fully saturated rings. The third-order valence-electron chi connectivity index (χ3n) is 4.97. The zero-order chi connectivity index (χ0) is 16.8. The molecule has 0 aliphatic heterocycles. The first-order valence-corrected chi connectivity index (χ1v) is 8.64. The molecule has 0 saturated heterocycles. The molecule has 0 aromatic carbocycles. The fourth-order valence-electron chi connectivity index (χ4n) is 3.33. The van der Waals surface area contributed by atoms with E-state index in [9.17, 15) is 0 Å². The van der Waals surface area contributed by atoms with Gasteiger partial charge in [0, 0.05) is 13.6 Å². The summed E-state index contributed by atoms with van der Waals surface area (Å²) in [7, 11) is 1.79. The molecule has 3 N–H and O–H groups in total. The number of nitrogens with zero attached hydrogens (tertiary/aromatic N) is 3. The van der Waals surface area contributed by atoms with Gasteiger partial charge in [0.2, 0.25) is 5.82 Å². The first-order chi connectivity index (χ1) is 11.7. The van der Waals surface area contributed by atoms with E-state index in [1.165, 1.54) is 32.1 Å². The number of furan rings is 1. The summed E-state index contributed by atoms with van der Waals surface area (Å²) in [6, 6.07) is 3.66. The minimum absolute atomic E-state index is 0. The summed E-state index contributed by atoms with van der Waals surface area (Å²) in [6.45, 7) is 3.79. The van der Waals surface area contributed by atoms with Crippen molar-refractivity contribution in [1.82, 2.24) is 25.8 Å². The van der Waals surface area contributed by atoms with Gasteiger partial charge in [0.1, 0.15) is 5.82 Å². The van der Waals surface area contributed by atoms with Crippen molar-refractivity contribution >= 4 is 29.9 Å². The molecule has 25 heavy (non-hydrogen) atoms. The van der Waals surface area contributed by atoms with Gasteiger partial charge in [0.25, 0.3) is 0 Å². The molecule has 2 aromatic heterocycles. The van der Waals surface area contributed by atoms with Gasteiger partial charge >= 0.3 is 0 Å². The smallest absolute Gasteiger partial charge is 0.216 e. The van der Waals surface area contributed by atoms with Crippen LogP contribution in [0.25, 0.3) is 11.6 Å². The number of aromatic nitrogens is 3. The van der Waals surface area contributed by atoms with Crippen molar-refractivity contribution in [2.45, 2.75) is 45.6 Å². The van der Waals surface area contributed by atoms with Crippen LogP contribution in [0.3, 0.4) is 0 Å². The zero-order valence-electron chi connectivity index (χ0n) is 14.8. The molecule has 0 unspecified atom stereocenters. The van der Waals surface area contributed by atoms with Gasteiger partial charge in [-0.1, -0.05) is 19.8 Å². The second-order valence-corrected chi connectivity index (χ2v) is 6.42. The predicted octanol–water partition coefficient (Wildman–Crippen LogP) is 3.32. The lowest BCUT2D eigenvalue weighted by Crippen LogP contribution is -2.42. The summed E-state index contributed by atoms with van der Waals surface area (Å²) in [6.07, 6.45) is 8.13. The number of rotatable bonds is 6. The van der Waals surface area contributed by atoms with Crippen molar-refractivity contribution in [2.24, 2.45) is 10.4 Å². The highest BCUT2D eigenvalue weighted by Crippen LogP contribution is 2.40. The van der Waals surface area contributed by atoms with Gasteiger partial charge in [-0.2, -0.15) is 0 Å². The molecule has 0 bridgehead atoms. The number of aliphatic imine (C=N–C) groups is 1. The molecular weight excluding hydrogens is 431 g/mol. The lowest BCUT2D eigenvalue weighted by molar-refractivity contribution is 0.283. The maximum Gasteiger partial charge on any atom is 0.216 e. The highest BCUT2D eigenvalue weighted by Gasteiger charge is 2.31. The minimum atomic E-state index is 0. The van der Waals surface area contributed by atoms with E-state index in [0.717, 1.165) is 18.3 Å². The average molecular weight is 458 g/mol. The Labute approximate surface area is 165 Å². The van der Waals surface area contributed by atoms with Gasteiger partial charge in [-0.05, 0) is 36.8 Å². The Morgan fingerprint density at radius 3 is 2.80 bits per heavy atom. The Morgan fingerprint density at radius 1 is 1.36 bits per heavy atom. The number of H-pyrrole nitrogens is 1. The largest absolute Gasteiger partial charge is 0.461 e. The zero-order valence-corrected chi connectivity index (χ0v) is 17.2. The average Bonchev–Trinajstić information content (AvgIpc) is 3.36. The molecule has 0 amide bonds. The number of hydrogen-bond acceptors (Lipinski definition) is 4. The normalized spacial score (nSPS) is 16.5. The molecular formula is C17H27IN6O. The Balaban J connectivity index is 0.00000225. The van der Waals surface area contributed by atoms with E-state index in [-0.39, 0.29) is 24.0 Å². The molecule has 2 heterocycles. The number of halogens is 1. The molecule has 8 heteroatoms. The van der Waals surface area contributed by atoms with Crippen LogP contribution >= 0.6 is 24.0 Å². The second-order valence-electron chi connectivity index (χ2n) is 6.42. The van der Waals surface area contributed by atoms with Crippen molar-refractivity contribution < 1.29 is 4.42 Å². The highest BCUT2D eigenvalue weighted by molar-refractivity contribution is 14.0. The molecule has 0 spiro atoms. The van der Waals surface area contributed by atoms with Crippen LogP contribution in [-0.4, -0.2) is 34.7 Å². The monoisotopic (exact) mass is 458 g/mol. The number of aromatic amines is 1. The van der Waals surface area contributed by atoms with E-state index in [2.05, 4.69) is 37.7 Å². The molecule has 7 nitrogen and oxygen atoms in total. The SMILES string of the molecule is CCC1(CNC(=NC)NCc2nc(-c3ccco3)n[nH]2)CCCC1.I. The van der Waals surface area contributed by atoms with Crippen LogP contribution in [0.4, 0.5) is 0 Å². The Morgan fingerprint density at radius 2 is 2.16 bits per heavy atom. The quantitative estimate of drug-likeness (QED) is 0.351.